The first-order valence-corrected chi connectivity index (χ1v) is 5.81. The monoisotopic (exact) mass is 213 g/mol. The van der Waals surface area contributed by atoms with Crippen LogP contribution in [0.25, 0.3) is 0 Å². The summed E-state index contributed by atoms with van der Waals surface area (Å²) < 4.78 is 0. The summed E-state index contributed by atoms with van der Waals surface area (Å²) in [5.74, 6) is 0.510. The highest BCUT2D eigenvalue weighted by atomic mass is 16.1. The SMILES string of the molecule is CNC(C)C1CCCN(CCC(N)=O)C1. The summed E-state index contributed by atoms with van der Waals surface area (Å²) in [7, 11) is 2.01. The number of hydrogen-bond acceptors (Lipinski definition) is 3. The van der Waals surface area contributed by atoms with Gasteiger partial charge in [0.25, 0.3) is 0 Å². The second-order valence-electron chi connectivity index (χ2n) is 4.50. The number of carbonyl (C=O) groups excluding carboxylic acids is 1. The normalized spacial score (nSPS) is 25.1. The minimum absolute atomic E-state index is 0.196. The Hall–Kier alpha value is -0.610. The first-order valence-electron chi connectivity index (χ1n) is 5.81. The maximum absolute atomic E-state index is 10.7. The number of nitrogens with one attached hydrogen (secondary N) is 1. The van der Waals surface area contributed by atoms with Gasteiger partial charge in [-0.25, -0.2) is 0 Å². The van der Waals surface area contributed by atoms with Gasteiger partial charge in [0.05, 0.1) is 0 Å². The van der Waals surface area contributed by atoms with Crippen LogP contribution >= 0.6 is 0 Å². The fraction of sp³-hybridized carbons (Fsp3) is 0.909. The lowest BCUT2D eigenvalue weighted by Gasteiger charge is -2.35. The van der Waals surface area contributed by atoms with Gasteiger partial charge in [0.1, 0.15) is 0 Å². The third-order valence-electron chi connectivity index (χ3n) is 3.38. The quantitative estimate of drug-likeness (QED) is 0.685. The highest BCUT2D eigenvalue weighted by Gasteiger charge is 2.23. The molecule has 0 aromatic rings. The van der Waals surface area contributed by atoms with Gasteiger partial charge in [-0.1, -0.05) is 0 Å². The third kappa shape index (κ3) is 4.18. The topological polar surface area (TPSA) is 58.4 Å². The van der Waals surface area contributed by atoms with Crippen LogP contribution in [0.5, 0.6) is 0 Å². The molecule has 0 spiro atoms. The molecule has 0 bridgehead atoms. The Labute approximate surface area is 92.2 Å². The molecule has 1 fully saturated rings. The fourth-order valence-electron chi connectivity index (χ4n) is 2.21. The molecule has 1 aliphatic rings. The van der Waals surface area contributed by atoms with E-state index in [1.807, 2.05) is 7.05 Å². The Morgan fingerprint density at radius 2 is 2.40 bits per heavy atom. The lowest BCUT2D eigenvalue weighted by molar-refractivity contribution is -0.118. The van der Waals surface area contributed by atoms with E-state index >= 15 is 0 Å². The zero-order valence-corrected chi connectivity index (χ0v) is 9.83. The zero-order chi connectivity index (χ0) is 11.3. The molecule has 1 amide bonds. The molecule has 1 rings (SSSR count). The van der Waals surface area contributed by atoms with Crippen molar-refractivity contribution in [1.82, 2.24) is 10.2 Å². The Balaban J connectivity index is 2.32. The van der Waals surface area contributed by atoms with Crippen LogP contribution in [0.2, 0.25) is 0 Å². The molecule has 4 nitrogen and oxygen atoms in total. The summed E-state index contributed by atoms with van der Waals surface area (Å²) in [5, 5.41) is 3.30. The number of primary amides is 1. The van der Waals surface area contributed by atoms with Crippen LogP contribution in [0.4, 0.5) is 0 Å². The van der Waals surface area contributed by atoms with E-state index in [1.165, 1.54) is 12.8 Å². The number of hydrogen-bond donors (Lipinski definition) is 2. The maximum atomic E-state index is 10.7. The number of carbonyl (C=O) groups is 1. The van der Waals surface area contributed by atoms with Crippen LogP contribution in [-0.2, 0) is 4.79 Å². The molecule has 15 heavy (non-hydrogen) atoms. The second-order valence-corrected chi connectivity index (χ2v) is 4.50. The Kier molecular flexibility index (Phi) is 5.05. The average Bonchev–Trinajstić information content (AvgIpc) is 2.25. The summed E-state index contributed by atoms with van der Waals surface area (Å²) in [5.41, 5.74) is 5.15. The lowest BCUT2D eigenvalue weighted by atomic mass is 9.91. The lowest BCUT2D eigenvalue weighted by Crippen LogP contribution is -2.44. The van der Waals surface area contributed by atoms with Crippen LogP contribution in [0.1, 0.15) is 26.2 Å². The number of amides is 1. The molecule has 3 N–H and O–H groups in total. The summed E-state index contributed by atoms with van der Waals surface area (Å²) in [6.45, 7) is 5.25. The number of rotatable bonds is 5. The first-order chi connectivity index (χ1) is 7.13. The highest BCUT2D eigenvalue weighted by molar-refractivity contribution is 5.73. The zero-order valence-electron chi connectivity index (χ0n) is 9.83. The van der Waals surface area contributed by atoms with Gasteiger partial charge < -0.3 is 16.0 Å². The first kappa shape index (κ1) is 12.5. The number of piperidine rings is 1. The van der Waals surface area contributed by atoms with E-state index in [0.717, 1.165) is 19.6 Å². The maximum Gasteiger partial charge on any atom is 0.218 e. The molecule has 1 heterocycles. The molecular weight excluding hydrogens is 190 g/mol. The van der Waals surface area contributed by atoms with Crippen LogP contribution < -0.4 is 11.1 Å². The van der Waals surface area contributed by atoms with Crippen LogP contribution in [0, 0.1) is 5.92 Å². The highest BCUT2D eigenvalue weighted by Crippen LogP contribution is 2.19. The van der Waals surface area contributed by atoms with Crippen molar-refractivity contribution in [3.63, 3.8) is 0 Å². The van der Waals surface area contributed by atoms with Gasteiger partial charge in [-0.05, 0) is 39.3 Å². The summed E-state index contributed by atoms with van der Waals surface area (Å²) in [4.78, 5) is 13.1. The number of nitrogens with zero attached hydrogens (tertiary/aromatic N) is 1. The Morgan fingerprint density at radius 1 is 1.67 bits per heavy atom. The second kappa shape index (κ2) is 6.08. The van der Waals surface area contributed by atoms with Gasteiger partial charge in [0, 0.05) is 25.6 Å². The summed E-state index contributed by atoms with van der Waals surface area (Å²) in [6.07, 6.45) is 3.01. The van der Waals surface area contributed by atoms with Gasteiger partial charge >= 0.3 is 0 Å². The molecule has 1 saturated heterocycles. The Bertz CT molecular complexity index is 208. The number of nitrogens with two attached hydrogens (primary N) is 1. The van der Waals surface area contributed by atoms with Crippen LogP contribution in [0.15, 0.2) is 0 Å². The van der Waals surface area contributed by atoms with E-state index in [1.54, 1.807) is 0 Å². The van der Waals surface area contributed by atoms with Gasteiger partial charge in [-0.15, -0.1) is 0 Å². The molecule has 2 unspecified atom stereocenters. The molecule has 0 aliphatic carbocycles. The van der Waals surface area contributed by atoms with Crippen molar-refractivity contribution in [3.8, 4) is 0 Å². The third-order valence-corrected chi connectivity index (χ3v) is 3.38. The van der Waals surface area contributed by atoms with E-state index in [0.29, 0.717) is 18.4 Å². The predicted molar refractivity (Wildman–Crippen MR) is 61.5 cm³/mol. The van der Waals surface area contributed by atoms with Crippen molar-refractivity contribution in [2.45, 2.75) is 32.2 Å². The summed E-state index contributed by atoms with van der Waals surface area (Å²) in [6, 6.07) is 0.557. The summed E-state index contributed by atoms with van der Waals surface area (Å²) >= 11 is 0. The van der Waals surface area contributed by atoms with Crippen molar-refractivity contribution in [2.75, 3.05) is 26.7 Å². The molecule has 0 saturated carbocycles. The van der Waals surface area contributed by atoms with Crippen molar-refractivity contribution < 1.29 is 4.79 Å². The predicted octanol–water partition coefficient (Wildman–Crippen LogP) is 0.182. The van der Waals surface area contributed by atoms with Gasteiger partial charge in [-0.2, -0.15) is 0 Å². The molecule has 2 atom stereocenters. The molecule has 0 aromatic carbocycles. The average molecular weight is 213 g/mol. The van der Waals surface area contributed by atoms with E-state index in [-0.39, 0.29) is 5.91 Å². The van der Waals surface area contributed by atoms with Crippen molar-refractivity contribution in [1.29, 1.82) is 0 Å². The van der Waals surface area contributed by atoms with E-state index in [9.17, 15) is 4.79 Å². The van der Waals surface area contributed by atoms with Crippen molar-refractivity contribution in [2.24, 2.45) is 11.7 Å². The number of likely N-dealkylation sites (tertiary alicyclic amines) is 1. The Morgan fingerprint density at radius 3 is 3.00 bits per heavy atom. The molecule has 4 heteroatoms. The molecule has 0 aromatic heterocycles. The molecule has 0 radical (unpaired) electrons. The largest absolute Gasteiger partial charge is 0.370 e. The van der Waals surface area contributed by atoms with Crippen molar-refractivity contribution >= 4 is 5.91 Å². The minimum Gasteiger partial charge on any atom is -0.370 e. The molecule has 1 aliphatic heterocycles. The van der Waals surface area contributed by atoms with E-state index in [4.69, 9.17) is 5.73 Å². The van der Waals surface area contributed by atoms with E-state index in [2.05, 4.69) is 17.1 Å². The standard InChI is InChI=1S/C11H23N3O/c1-9(13-2)10-4-3-6-14(8-10)7-5-11(12)15/h9-10,13H,3-8H2,1-2H3,(H2,12,15). The minimum atomic E-state index is -0.196. The van der Waals surface area contributed by atoms with Gasteiger partial charge in [0.15, 0.2) is 0 Å². The van der Waals surface area contributed by atoms with Gasteiger partial charge in [0.2, 0.25) is 5.91 Å². The van der Waals surface area contributed by atoms with E-state index < -0.39 is 0 Å². The molecular formula is C11H23N3O. The fourth-order valence-corrected chi connectivity index (χ4v) is 2.21. The van der Waals surface area contributed by atoms with Crippen LogP contribution in [-0.4, -0.2) is 43.5 Å². The van der Waals surface area contributed by atoms with Crippen molar-refractivity contribution in [3.05, 3.63) is 0 Å². The van der Waals surface area contributed by atoms with Gasteiger partial charge in [-0.3, -0.25) is 4.79 Å². The smallest absolute Gasteiger partial charge is 0.218 e. The molecule has 88 valence electrons. The van der Waals surface area contributed by atoms with Crippen LogP contribution in [0.3, 0.4) is 0 Å².